The number of halogens is 1. The maximum atomic E-state index is 13.3. The average Bonchev–Trinajstić information content (AvgIpc) is 2.80. The van der Waals surface area contributed by atoms with Crippen LogP contribution in [0.1, 0.15) is 16.8 Å². The van der Waals surface area contributed by atoms with E-state index in [-0.39, 0.29) is 5.82 Å². The molecule has 23 heavy (non-hydrogen) atoms. The van der Waals surface area contributed by atoms with Crippen LogP contribution in [-0.4, -0.2) is 23.1 Å². The van der Waals surface area contributed by atoms with Crippen LogP contribution in [0.15, 0.2) is 36.4 Å². The van der Waals surface area contributed by atoms with Crippen LogP contribution in [0.25, 0.3) is 22.0 Å². The molecule has 0 radical (unpaired) electrons. The van der Waals surface area contributed by atoms with Crippen molar-refractivity contribution in [2.45, 2.75) is 19.9 Å². The molecule has 2 nitrogen and oxygen atoms in total. The van der Waals surface area contributed by atoms with Gasteiger partial charge in [0.15, 0.2) is 0 Å². The summed E-state index contributed by atoms with van der Waals surface area (Å²) in [6.45, 7) is 4.24. The predicted molar refractivity (Wildman–Crippen MR) is 93.1 cm³/mol. The average molecular weight is 308 g/mol. The van der Waals surface area contributed by atoms with Gasteiger partial charge in [0, 0.05) is 43.2 Å². The van der Waals surface area contributed by atoms with E-state index in [1.54, 1.807) is 12.1 Å². The number of rotatable bonds is 1. The van der Waals surface area contributed by atoms with Crippen molar-refractivity contribution in [3.8, 4) is 11.1 Å². The lowest BCUT2D eigenvalue weighted by atomic mass is 9.97. The first-order chi connectivity index (χ1) is 11.0. The van der Waals surface area contributed by atoms with Gasteiger partial charge in [0.25, 0.3) is 0 Å². The molecule has 0 unspecified atom stereocenters. The molecule has 3 heteroatoms. The molecule has 1 aromatic heterocycles. The molecule has 2 aromatic carbocycles. The molecule has 2 heterocycles. The maximum Gasteiger partial charge on any atom is 0.123 e. The second kappa shape index (κ2) is 5.20. The fourth-order valence-electron chi connectivity index (χ4n) is 3.85. The molecule has 4 rings (SSSR count). The Labute approximate surface area is 136 Å². The van der Waals surface area contributed by atoms with Crippen molar-refractivity contribution < 1.29 is 4.39 Å². The van der Waals surface area contributed by atoms with Crippen molar-refractivity contribution in [1.82, 2.24) is 9.47 Å². The van der Waals surface area contributed by atoms with Crippen LogP contribution in [0.4, 0.5) is 4.39 Å². The Morgan fingerprint density at radius 1 is 1.04 bits per heavy atom. The van der Waals surface area contributed by atoms with Crippen LogP contribution in [0.3, 0.4) is 0 Å². The first kappa shape index (κ1) is 14.5. The molecular formula is C20H21FN2. The standard InChI is InChI=1S/C20H21FN2/c1-13-10-16(14-4-6-15(21)7-5-14)20-17(11-13)18-12-22(2)9-8-19(18)23(20)3/h4-7,10-11H,8-9,12H2,1-3H3. The Hall–Kier alpha value is -2.13. The first-order valence-corrected chi connectivity index (χ1v) is 8.10. The van der Waals surface area contributed by atoms with Crippen LogP contribution in [-0.2, 0) is 20.0 Å². The number of likely N-dealkylation sites (N-methyl/N-ethyl adjacent to an activating group) is 1. The van der Waals surface area contributed by atoms with Gasteiger partial charge >= 0.3 is 0 Å². The minimum absolute atomic E-state index is 0.189. The summed E-state index contributed by atoms with van der Waals surface area (Å²) < 4.78 is 15.6. The lowest BCUT2D eigenvalue weighted by molar-refractivity contribution is 0.310. The number of fused-ring (bicyclic) bond motifs is 3. The topological polar surface area (TPSA) is 8.17 Å². The lowest BCUT2D eigenvalue weighted by Crippen LogP contribution is -2.26. The second-order valence-corrected chi connectivity index (χ2v) is 6.69. The van der Waals surface area contributed by atoms with Crippen LogP contribution in [0.5, 0.6) is 0 Å². The molecule has 0 N–H and O–H groups in total. The highest BCUT2D eigenvalue weighted by Crippen LogP contribution is 2.37. The second-order valence-electron chi connectivity index (χ2n) is 6.69. The lowest BCUT2D eigenvalue weighted by Gasteiger charge is -2.23. The summed E-state index contributed by atoms with van der Waals surface area (Å²) in [7, 11) is 4.34. The molecule has 0 saturated heterocycles. The SMILES string of the molecule is Cc1cc(-c2ccc(F)cc2)c2c(c1)c1c(n2C)CCN(C)C1. The van der Waals surface area contributed by atoms with E-state index in [2.05, 4.69) is 42.6 Å². The number of aromatic nitrogens is 1. The minimum atomic E-state index is -0.189. The Bertz CT molecular complexity index is 890. The van der Waals surface area contributed by atoms with Crippen LogP contribution in [0, 0.1) is 12.7 Å². The Balaban J connectivity index is 2.04. The minimum Gasteiger partial charge on any atom is -0.347 e. The molecule has 0 atom stereocenters. The smallest absolute Gasteiger partial charge is 0.123 e. The highest BCUT2D eigenvalue weighted by atomic mass is 19.1. The van der Waals surface area contributed by atoms with E-state index in [1.807, 2.05) is 12.1 Å². The number of nitrogens with zero attached hydrogens (tertiary/aromatic N) is 2. The van der Waals surface area contributed by atoms with Crippen molar-refractivity contribution in [3.63, 3.8) is 0 Å². The molecule has 0 bridgehead atoms. The van der Waals surface area contributed by atoms with Gasteiger partial charge in [-0.15, -0.1) is 0 Å². The van der Waals surface area contributed by atoms with Gasteiger partial charge in [0.1, 0.15) is 5.82 Å². The van der Waals surface area contributed by atoms with Gasteiger partial charge in [0.05, 0.1) is 5.52 Å². The molecule has 0 amide bonds. The maximum absolute atomic E-state index is 13.3. The van der Waals surface area contributed by atoms with E-state index in [4.69, 9.17) is 0 Å². The van der Waals surface area contributed by atoms with Crippen molar-refractivity contribution in [2.75, 3.05) is 13.6 Å². The monoisotopic (exact) mass is 308 g/mol. The molecule has 0 aliphatic carbocycles. The summed E-state index contributed by atoms with van der Waals surface area (Å²) >= 11 is 0. The fourth-order valence-corrected chi connectivity index (χ4v) is 3.85. The number of aryl methyl sites for hydroxylation is 2. The third kappa shape index (κ3) is 2.27. The van der Waals surface area contributed by atoms with Crippen LogP contribution < -0.4 is 0 Å². The summed E-state index contributed by atoms with van der Waals surface area (Å²) in [5.41, 5.74) is 7.67. The number of hydrogen-bond donors (Lipinski definition) is 0. The quantitative estimate of drug-likeness (QED) is 0.651. The van der Waals surface area contributed by atoms with Gasteiger partial charge in [0.2, 0.25) is 0 Å². The van der Waals surface area contributed by atoms with Gasteiger partial charge in [-0.3, -0.25) is 0 Å². The van der Waals surface area contributed by atoms with Crippen LogP contribution in [0.2, 0.25) is 0 Å². The van der Waals surface area contributed by atoms with Crippen molar-refractivity contribution in [1.29, 1.82) is 0 Å². The Kier molecular flexibility index (Phi) is 3.27. The zero-order valence-electron chi connectivity index (χ0n) is 13.9. The van der Waals surface area contributed by atoms with E-state index >= 15 is 0 Å². The summed E-state index contributed by atoms with van der Waals surface area (Å²) in [5, 5.41) is 1.34. The zero-order chi connectivity index (χ0) is 16.1. The fraction of sp³-hybridized carbons (Fsp3) is 0.300. The highest BCUT2D eigenvalue weighted by Gasteiger charge is 2.23. The Morgan fingerprint density at radius 3 is 2.52 bits per heavy atom. The Morgan fingerprint density at radius 2 is 1.78 bits per heavy atom. The van der Waals surface area contributed by atoms with E-state index in [9.17, 15) is 4.39 Å². The van der Waals surface area contributed by atoms with Gasteiger partial charge in [-0.05, 0) is 54.9 Å². The molecule has 0 spiro atoms. The summed E-state index contributed by atoms with van der Waals surface area (Å²) in [4.78, 5) is 2.38. The zero-order valence-corrected chi connectivity index (χ0v) is 13.9. The van der Waals surface area contributed by atoms with Gasteiger partial charge in [-0.2, -0.15) is 0 Å². The van der Waals surface area contributed by atoms with Gasteiger partial charge in [-0.1, -0.05) is 12.1 Å². The summed E-state index contributed by atoms with van der Waals surface area (Å²) in [5.74, 6) is -0.189. The van der Waals surface area contributed by atoms with Crippen LogP contribution >= 0.6 is 0 Å². The van der Waals surface area contributed by atoms with E-state index in [1.165, 1.54) is 33.3 Å². The molecule has 1 aliphatic rings. The molecule has 0 saturated carbocycles. The third-order valence-corrected chi connectivity index (χ3v) is 4.98. The molecule has 1 aliphatic heterocycles. The van der Waals surface area contributed by atoms with Gasteiger partial charge < -0.3 is 9.47 Å². The van der Waals surface area contributed by atoms with Crippen molar-refractivity contribution >= 4 is 10.9 Å². The van der Waals surface area contributed by atoms with E-state index in [0.717, 1.165) is 25.1 Å². The highest BCUT2D eigenvalue weighted by molar-refractivity contribution is 5.98. The predicted octanol–water partition coefficient (Wildman–Crippen LogP) is 4.28. The number of hydrogen-bond acceptors (Lipinski definition) is 1. The molecule has 3 aromatic rings. The van der Waals surface area contributed by atoms with Gasteiger partial charge in [-0.25, -0.2) is 4.39 Å². The van der Waals surface area contributed by atoms with E-state index < -0.39 is 0 Å². The van der Waals surface area contributed by atoms with Crippen molar-refractivity contribution in [3.05, 3.63) is 59.0 Å². The third-order valence-electron chi connectivity index (χ3n) is 4.98. The normalized spacial score (nSPS) is 15.1. The molecule has 118 valence electrons. The van der Waals surface area contributed by atoms with E-state index in [0.29, 0.717) is 0 Å². The summed E-state index contributed by atoms with van der Waals surface area (Å²) in [6, 6.07) is 11.3. The number of benzene rings is 2. The molecule has 0 fully saturated rings. The largest absolute Gasteiger partial charge is 0.347 e. The molecular weight excluding hydrogens is 287 g/mol. The first-order valence-electron chi connectivity index (χ1n) is 8.10. The van der Waals surface area contributed by atoms with Crippen molar-refractivity contribution in [2.24, 2.45) is 7.05 Å². The summed E-state index contributed by atoms with van der Waals surface area (Å²) in [6.07, 6.45) is 1.08.